The molecule has 0 aliphatic heterocycles. The Morgan fingerprint density at radius 2 is 2.15 bits per heavy atom. The van der Waals surface area contributed by atoms with Crippen molar-refractivity contribution in [2.75, 3.05) is 0 Å². The summed E-state index contributed by atoms with van der Waals surface area (Å²) < 4.78 is 6.39. The Morgan fingerprint density at radius 3 is 2.85 bits per heavy atom. The summed E-state index contributed by atoms with van der Waals surface area (Å²) in [6.45, 7) is 0.202. The van der Waals surface area contributed by atoms with Gasteiger partial charge in [0.2, 0.25) is 0 Å². The first-order chi connectivity index (χ1) is 9.65. The zero-order chi connectivity index (χ0) is 14.1. The molecule has 0 atom stereocenters. The lowest BCUT2D eigenvalue weighted by Crippen LogP contribution is -2.15. The lowest BCUT2D eigenvalue weighted by molar-refractivity contribution is -0.384. The van der Waals surface area contributed by atoms with Crippen LogP contribution in [0.5, 0.6) is 0 Å². The second kappa shape index (κ2) is 4.61. The first kappa shape index (κ1) is 12.1. The van der Waals surface area contributed by atoms with E-state index in [-0.39, 0.29) is 12.2 Å². The van der Waals surface area contributed by atoms with Crippen molar-refractivity contribution in [2.45, 2.75) is 6.54 Å². The van der Waals surface area contributed by atoms with Gasteiger partial charge in [0.05, 0.1) is 22.7 Å². The van der Waals surface area contributed by atoms with E-state index in [0.29, 0.717) is 16.8 Å². The summed E-state index contributed by atoms with van der Waals surface area (Å²) in [6.07, 6.45) is 1.62. The smallest absolute Gasteiger partial charge is 0.408 e. The average Bonchev–Trinajstić information content (AvgIpc) is 2.75. The van der Waals surface area contributed by atoms with E-state index >= 15 is 0 Å². The molecule has 0 amide bonds. The van der Waals surface area contributed by atoms with Crippen molar-refractivity contribution < 1.29 is 9.34 Å². The predicted octanol–water partition coefficient (Wildman–Crippen LogP) is 1.95. The Bertz CT molecular complexity index is 836. The van der Waals surface area contributed by atoms with Crippen molar-refractivity contribution in [3.63, 3.8) is 0 Å². The van der Waals surface area contributed by atoms with E-state index in [1.54, 1.807) is 24.4 Å². The first-order valence-corrected chi connectivity index (χ1v) is 5.83. The molecule has 0 N–H and O–H groups in total. The summed E-state index contributed by atoms with van der Waals surface area (Å²) in [5.41, 5.74) is 1.28. The van der Waals surface area contributed by atoms with Gasteiger partial charge in [-0.15, -0.1) is 0 Å². The lowest BCUT2D eigenvalue weighted by atomic mass is 10.3. The third-order valence-corrected chi connectivity index (χ3v) is 2.91. The number of nitro benzene ring substituents is 1. The molecule has 0 radical (unpaired) electrons. The summed E-state index contributed by atoms with van der Waals surface area (Å²) in [5.74, 6) is -0.564. The third kappa shape index (κ3) is 2.05. The molecule has 7 heteroatoms. The van der Waals surface area contributed by atoms with Gasteiger partial charge in [-0.2, -0.15) is 0 Å². The van der Waals surface area contributed by atoms with Gasteiger partial charge in [-0.25, -0.2) is 4.79 Å². The van der Waals surface area contributed by atoms with Crippen LogP contribution in [0.1, 0.15) is 5.69 Å². The monoisotopic (exact) mass is 271 g/mol. The normalized spacial score (nSPS) is 10.8. The highest BCUT2D eigenvalue weighted by Crippen LogP contribution is 2.20. The van der Waals surface area contributed by atoms with Crippen molar-refractivity contribution >= 4 is 16.8 Å². The number of pyridine rings is 1. The molecule has 2 aromatic heterocycles. The number of benzene rings is 1. The minimum atomic E-state index is -0.564. The van der Waals surface area contributed by atoms with Gasteiger partial charge in [-0.1, -0.05) is 6.07 Å². The van der Waals surface area contributed by atoms with E-state index in [1.165, 1.54) is 22.8 Å². The fourth-order valence-corrected chi connectivity index (χ4v) is 1.97. The molecule has 0 saturated heterocycles. The highest BCUT2D eigenvalue weighted by Gasteiger charge is 2.14. The van der Waals surface area contributed by atoms with Crippen molar-refractivity contribution in [1.82, 2.24) is 9.55 Å². The molecule has 100 valence electrons. The van der Waals surface area contributed by atoms with Crippen LogP contribution in [-0.4, -0.2) is 14.5 Å². The van der Waals surface area contributed by atoms with Crippen LogP contribution in [0.15, 0.2) is 51.8 Å². The highest BCUT2D eigenvalue weighted by molar-refractivity contribution is 5.76. The molecule has 3 aromatic rings. The first-order valence-electron chi connectivity index (χ1n) is 5.83. The maximum Gasteiger partial charge on any atom is 0.420 e. The van der Waals surface area contributed by atoms with E-state index in [2.05, 4.69) is 4.98 Å². The molecular weight excluding hydrogens is 262 g/mol. The fraction of sp³-hybridized carbons (Fsp3) is 0.0769. The van der Waals surface area contributed by atoms with Crippen LogP contribution in [0, 0.1) is 10.1 Å². The van der Waals surface area contributed by atoms with Gasteiger partial charge < -0.3 is 4.42 Å². The lowest BCUT2D eigenvalue weighted by Gasteiger charge is -2.01. The Kier molecular flexibility index (Phi) is 2.79. The molecular formula is C13H9N3O4. The van der Waals surface area contributed by atoms with Crippen LogP contribution in [0.25, 0.3) is 11.1 Å². The Morgan fingerprint density at radius 1 is 1.30 bits per heavy atom. The van der Waals surface area contributed by atoms with Crippen LogP contribution in [0.3, 0.4) is 0 Å². The molecule has 1 aromatic carbocycles. The molecule has 0 bridgehead atoms. The summed E-state index contributed by atoms with van der Waals surface area (Å²) in [5, 5.41) is 10.8. The Balaban J connectivity index is 2.14. The van der Waals surface area contributed by atoms with Crippen LogP contribution in [0.4, 0.5) is 5.69 Å². The van der Waals surface area contributed by atoms with Gasteiger partial charge in [0, 0.05) is 18.3 Å². The SMILES string of the molecule is O=c1oc2ccc([N+](=O)[O-])cc2n1Cc1ccccn1. The van der Waals surface area contributed by atoms with Gasteiger partial charge in [-0.3, -0.25) is 19.7 Å². The van der Waals surface area contributed by atoms with Gasteiger partial charge in [-0.05, 0) is 18.2 Å². The van der Waals surface area contributed by atoms with Crippen molar-refractivity contribution in [2.24, 2.45) is 0 Å². The molecule has 0 aliphatic carbocycles. The van der Waals surface area contributed by atoms with Gasteiger partial charge in [0.1, 0.15) is 0 Å². The Hall–Kier alpha value is -2.96. The number of non-ortho nitro benzene ring substituents is 1. The molecule has 0 spiro atoms. The highest BCUT2D eigenvalue weighted by atomic mass is 16.6. The second-order valence-corrected chi connectivity index (χ2v) is 4.18. The molecule has 2 heterocycles. The summed E-state index contributed by atoms with van der Waals surface area (Å²) in [6, 6.07) is 9.38. The standard InChI is InChI=1S/C13H9N3O4/c17-13-15(8-9-3-1-2-6-14-9)11-7-10(16(18)19)4-5-12(11)20-13/h1-7H,8H2. The zero-order valence-corrected chi connectivity index (χ0v) is 10.2. The molecule has 7 nitrogen and oxygen atoms in total. The number of nitrogens with zero attached hydrogens (tertiary/aromatic N) is 3. The van der Waals surface area contributed by atoms with E-state index in [4.69, 9.17) is 4.42 Å². The van der Waals surface area contributed by atoms with Crippen LogP contribution in [0.2, 0.25) is 0 Å². The minimum absolute atomic E-state index is 0.0897. The topological polar surface area (TPSA) is 91.2 Å². The van der Waals surface area contributed by atoms with Crippen LogP contribution in [-0.2, 0) is 6.54 Å². The van der Waals surface area contributed by atoms with Gasteiger partial charge in [0.15, 0.2) is 5.58 Å². The van der Waals surface area contributed by atoms with Crippen molar-refractivity contribution in [3.05, 3.63) is 69.0 Å². The molecule has 0 aliphatic rings. The molecule has 0 fully saturated rings. The largest absolute Gasteiger partial charge is 0.420 e. The molecule has 20 heavy (non-hydrogen) atoms. The number of aromatic nitrogens is 2. The summed E-state index contributed by atoms with van der Waals surface area (Å²) in [7, 11) is 0. The van der Waals surface area contributed by atoms with Crippen molar-refractivity contribution in [3.8, 4) is 0 Å². The second-order valence-electron chi connectivity index (χ2n) is 4.18. The summed E-state index contributed by atoms with van der Waals surface area (Å²) >= 11 is 0. The maximum atomic E-state index is 11.8. The number of hydrogen-bond acceptors (Lipinski definition) is 5. The van der Waals surface area contributed by atoms with Crippen molar-refractivity contribution in [1.29, 1.82) is 0 Å². The third-order valence-electron chi connectivity index (χ3n) is 2.91. The number of fused-ring (bicyclic) bond motifs is 1. The van der Waals surface area contributed by atoms with Crippen LogP contribution < -0.4 is 5.76 Å². The van der Waals surface area contributed by atoms with E-state index in [0.717, 1.165) is 0 Å². The van der Waals surface area contributed by atoms with E-state index in [9.17, 15) is 14.9 Å². The number of oxazole rings is 1. The molecule has 0 saturated carbocycles. The fourth-order valence-electron chi connectivity index (χ4n) is 1.97. The molecule has 3 rings (SSSR count). The number of rotatable bonds is 3. The number of hydrogen-bond donors (Lipinski definition) is 0. The Labute approximate surface area is 112 Å². The van der Waals surface area contributed by atoms with E-state index in [1.807, 2.05) is 0 Å². The number of nitro groups is 1. The zero-order valence-electron chi connectivity index (χ0n) is 10.2. The summed E-state index contributed by atoms with van der Waals surface area (Å²) in [4.78, 5) is 26.2. The quantitative estimate of drug-likeness (QED) is 0.536. The van der Waals surface area contributed by atoms with Gasteiger partial charge >= 0.3 is 5.76 Å². The predicted molar refractivity (Wildman–Crippen MR) is 70.5 cm³/mol. The minimum Gasteiger partial charge on any atom is -0.408 e. The molecule has 0 unspecified atom stereocenters. The average molecular weight is 271 g/mol. The van der Waals surface area contributed by atoms with E-state index < -0.39 is 10.7 Å². The maximum absolute atomic E-state index is 11.8. The van der Waals surface area contributed by atoms with Gasteiger partial charge in [0.25, 0.3) is 5.69 Å². The van der Waals surface area contributed by atoms with Crippen LogP contribution >= 0.6 is 0 Å².